The van der Waals surface area contributed by atoms with E-state index in [1.807, 2.05) is 31.3 Å². The summed E-state index contributed by atoms with van der Waals surface area (Å²) in [5.74, 6) is -0.549. The molecule has 0 aliphatic rings. The van der Waals surface area contributed by atoms with Crippen molar-refractivity contribution in [3.05, 3.63) is 75.8 Å². The molecule has 166 valence electrons. The number of para-hydroxylation sites is 2. The van der Waals surface area contributed by atoms with Gasteiger partial charge in [-0.2, -0.15) is 13.2 Å². The van der Waals surface area contributed by atoms with Crippen molar-refractivity contribution in [3.63, 3.8) is 0 Å². The second-order valence-corrected chi connectivity index (χ2v) is 7.70. The van der Waals surface area contributed by atoms with E-state index in [2.05, 4.69) is 15.3 Å². The number of hydrogen-bond donors (Lipinski definition) is 2. The highest BCUT2D eigenvalue weighted by Crippen LogP contribution is 2.27. The molecular weight excluding hydrogens is 421 g/mol. The Labute approximate surface area is 181 Å². The third kappa shape index (κ3) is 3.98. The van der Waals surface area contributed by atoms with Crippen LogP contribution in [0.3, 0.4) is 0 Å². The van der Waals surface area contributed by atoms with Crippen LogP contribution in [0.25, 0.3) is 21.9 Å². The van der Waals surface area contributed by atoms with E-state index in [1.165, 1.54) is 25.1 Å². The number of nitrogens with zero attached hydrogens (tertiary/aromatic N) is 2. The summed E-state index contributed by atoms with van der Waals surface area (Å²) in [7, 11) is 0. The second kappa shape index (κ2) is 8.14. The number of H-pyrrole nitrogens is 1. The first-order chi connectivity index (χ1) is 15.2. The molecule has 0 aliphatic heterocycles. The van der Waals surface area contributed by atoms with Crippen LogP contribution in [0.2, 0.25) is 0 Å². The minimum Gasteiger partial charge on any atom is -0.361 e. The maximum atomic E-state index is 13.4. The van der Waals surface area contributed by atoms with Crippen molar-refractivity contribution in [1.82, 2.24) is 19.9 Å². The summed E-state index contributed by atoms with van der Waals surface area (Å²) in [6, 6.07) is 10.8. The lowest BCUT2D eigenvalue weighted by molar-refractivity contribution is -0.142. The van der Waals surface area contributed by atoms with Gasteiger partial charge in [-0.3, -0.25) is 14.2 Å². The summed E-state index contributed by atoms with van der Waals surface area (Å²) in [5.41, 5.74) is 0.396. The first-order valence-corrected chi connectivity index (χ1v) is 10.1. The predicted octanol–water partition coefficient (Wildman–Crippen LogP) is 4.12. The van der Waals surface area contributed by atoms with Crippen molar-refractivity contribution in [2.75, 3.05) is 6.54 Å². The zero-order valence-electron chi connectivity index (χ0n) is 17.5. The average molecular weight is 442 g/mol. The lowest BCUT2D eigenvalue weighted by Crippen LogP contribution is -2.39. The molecule has 0 bridgehead atoms. The average Bonchev–Trinajstić information content (AvgIpc) is 3.14. The van der Waals surface area contributed by atoms with Crippen molar-refractivity contribution >= 4 is 27.8 Å². The highest BCUT2D eigenvalue weighted by molar-refractivity contribution is 5.85. The van der Waals surface area contributed by atoms with E-state index in [1.54, 1.807) is 6.07 Å². The summed E-state index contributed by atoms with van der Waals surface area (Å²) >= 11 is 0. The van der Waals surface area contributed by atoms with Gasteiger partial charge < -0.3 is 10.3 Å². The van der Waals surface area contributed by atoms with E-state index in [-0.39, 0.29) is 17.6 Å². The first-order valence-electron chi connectivity index (χ1n) is 10.1. The van der Waals surface area contributed by atoms with Gasteiger partial charge in [0.05, 0.1) is 11.0 Å². The number of carbonyl (C=O) groups is 1. The maximum absolute atomic E-state index is 13.4. The van der Waals surface area contributed by atoms with Crippen LogP contribution in [-0.4, -0.2) is 27.0 Å². The number of carbonyl (C=O) groups excluding carboxylic acids is 1. The van der Waals surface area contributed by atoms with Crippen LogP contribution in [0.4, 0.5) is 13.2 Å². The third-order valence-corrected chi connectivity index (χ3v) is 5.45. The predicted molar refractivity (Wildman–Crippen MR) is 115 cm³/mol. The lowest BCUT2D eigenvalue weighted by Gasteiger charge is -2.19. The minimum absolute atomic E-state index is 0.00626. The number of benzene rings is 2. The maximum Gasteiger partial charge on any atom is 0.438 e. The lowest BCUT2D eigenvalue weighted by atomic mass is 10.1. The van der Waals surface area contributed by atoms with Gasteiger partial charge in [0.2, 0.25) is 11.6 Å². The standard InChI is InChI=1S/C23H21F3N4O2/c1-13-7-8-17-16(11-13)15(12-28-17)9-10-27-21(31)14(2)30-19-6-4-3-5-18(19)29-20(22(30)32)23(24,25)26/h3-8,11-12,14,28H,9-10H2,1-2H3,(H,27,31). The van der Waals surface area contributed by atoms with Gasteiger partial charge in [0, 0.05) is 23.6 Å². The van der Waals surface area contributed by atoms with Crippen molar-refractivity contribution in [2.45, 2.75) is 32.5 Å². The van der Waals surface area contributed by atoms with Crippen molar-refractivity contribution in [1.29, 1.82) is 0 Å². The SMILES string of the molecule is Cc1ccc2[nH]cc(CCNC(=O)C(C)n3c(=O)c(C(F)(F)F)nc4ccccc43)c2c1. The Balaban J connectivity index is 1.58. The normalized spacial score (nSPS) is 12.9. The monoisotopic (exact) mass is 442 g/mol. The zero-order chi connectivity index (χ0) is 23.0. The number of fused-ring (bicyclic) bond motifs is 2. The van der Waals surface area contributed by atoms with Gasteiger partial charge in [-0.15, -0.1) is 0 Å². The second-order valence-electron chi connectivity index (χ2n) is 7.70. The molecular formula is C23H21F3N4O2. The number of hydrogen-bond acceptors (Lipinski definition) is 3. The molecule has 32 heavy (non-hydrogen) atoms. The van der Waals surface area contributed by atoms with Gasteiger partial charge in [-0.25, -0.2) is 4.98 Å². The molecule has 0 saturated heterocycles. The zero-order valence-corrected chi connectivity index (χ0v) is 17.5. The fourth-order valence-electron chi connectivity index (χ4n) is 3.81. The molecule has 2 heterocycles. The molecule has 0 radical (unpaired) electrons. The van der Waals surface area contributed by atoms with Crippen molar-refractivity contribution < 1.29 is 18.0 Å². The highest BCUT2D eigenvalue weighted by atomic mass is 19.4. The van der Waals surface area contributed by atoms with Gasteiger partial charge in [0.1, 0.15) is 6.04 Å². The fourth-order valence-corrected chi connectivity index (χ4v) is 3.81. The minimum atomic E-state index is -4.92. The Bertz CT molecular complexity index is 1370. The molecule has 0 fully saturated rings. The largest absolute Gasteiger partial charge is 0.438 e. The Kier molecular flexibility index (Phi) is 5.50. The number of alkyl halides is 3. The summed E-state index contributed by atoms with van der Waals surface area (Å²) < 4.78 is 40.9. The van der Waals surface area contributed by atoms with Crippen LogP contribution >= 0.6 is 0 Å². The molecule has 4 aromatic rings. The van der Waals surface area contributed by atoms with E-state index in [4.69, 9.17) is 0 Å². The van der Waals surface area contributed by atoms with Crippen LogP contribution < -0.4 is 10.9 Å². The molecule has 1 atom stereocenters. The number of aryl methyl sites for hydroxylation is 1. The van der Waals surface area contributed by atoms with E-state index in [0.717, 1.165) is 26.6 Å². The molecule has 0 spiro atoms. The number of aromatic amines is 1. The number of aromatic nitrogens is 3. The molecule has 0 aliphatic carbocycles. The smallest absolute Gasteiger partial charge is 0.361 e. The van der Waals surface area contributed by atoms with Crippen LogP contribution in [-0.2, 0) is 17.4 Å². The van der Waals surface area contributed by atoms with Crippen molar-refractivity contribution in [3.8, 4) is 0 Å². The number of rotatable bonds is 5. The topological polar surface area (TPSA) is 79.8 Å². The summed E-state index contributed by atoms with van der Waals surface area (Å²) in [4.78, 5) is 32.0. The number of nitrogens with one attached hydrogen (secondary N) is 2. The molecule has 1 unspecified atom stereocenters. The molecule has 2 aromatic heterocycles. The van der Waals surface area contributed by atoms with Gasteiger partial charge in [-0.05, 0) is 50.1 Å². The van der Waals surface area contributed by atoms with Crippen LogP contribution in [0.5, 0.6) is 0 Å². The molecule has 0 saturated carbocycles. The van der Waals surface area contributed by atoms with E-state index < -0.39 is 29.4 Å². The Morgan fingerprint density at radius 2 is 1.97 bits per heavy atom. The molecule has 2 aromatic carbocycles. The molecule has 4 rings (SSSR count). The molecule has 6 nitrogen and oxygen atoms in total. The van der Waals surface area contributed by atoms with Crippen LogP contribution in [0.1, 0.15) is 29.8 Å². The first kappa shape index (κ1) is 21.6. The molecule has 9 heteroatoms. The Morgan fingerprint density at radius 1 is 1.22 bits per heavy atom. The summed E-state index contributed by atoms with van der Waals surface area (Å²) in [5, 5.41) is 3.79. The Hall–Kier alpha value is -3.62. The van der Waals surface area contributed by atoms with E-state index in [9.17, 15) is 22.8 Å². The third-order valence-electron chi connectivity index (χ3n) is 5.45. The summed E-state index contributed by atoms with van der Waals surface area (Å²) in [6.07, 6.45) is -2.52. The van der Waals surface area contributed by atoms with Crippen molar-refractivity contribution in [2.24, 2.45) is 0 Å². The van der Waals surface area contributed by atoms with Crippen LogP contribution in [0, 0.1) is 6.92 Å². The van der Waals surface area contributed by atoms with Gasteiger partial charge >= 0.3 is 6.18 Å². The Morgan fingerprint density at radius 3 is 2.72 bits per heavy atom. The quantitative estimate of drug-likeness (QED) is 0.488. The molecule has 2 N–H and O–H groups in total. The van der Waals surface area contributed by atoms with E-state index in [0.29, 0.717) is 6.42 Å². The van der Waals surface area contributed by atoms with Gasteiger partial charge in [0.15, 0.2) is 0 Å². The summed E-state index contributed by atoms with van der Waals surface area (Å²) in [6.45, 7) is 3.66. The fraction of sp³-hybridized carbons (Fsp3) is 0.261. The van der Waals surface area contributed by atoms with Gasteiger partial charge in [-0.1, -0.05) is 23.8 Å². The highest BCUT2D eigenvalue weighted by Gasteiger charge is 2.38. The number of amides is 1. The number of halogens is 3. The molecule has 1 amide bonds. The van der Waals surface area contributed by atoms with E-state index >= 15 is 0 Å². The van der Waals surface area contributed by atoms with Gasteiger partial charge in [0.25, 0.3) is 5.56 Å². The van der Waals surface area contributed by atoms with Crippen LogP contribution in [0.15, 0.2) is 53.5 Å².